The Kier molecular flexibility index (Phi) is 8.07. The third kappa shape index (κ3) is 6.31. The highest BCUT2D eigenvalue weighted by Crippen LogP contribution is 2.06. The molecule has 0 saturated carbocycles. The van der Waals surface area contributed by atoms with E-state index in [-0.39, 0.29) is 6.03 Å². The first-order valence-corrected chi connectivity index (χ1v) is 7.63. The molecule has 122 valence electrons. The van der Waals surface area contributed by atoms with Gasteiger partial charge in [0.05, 0.1) is 0 Å². The summed E-state index contributed by atoms with van der Waals surface area (Å²) in [5.74, 6) is -0.819. The van der Waals surface area contributed by atoms with E-state index >= 15 is 0 Å². The number of nitrogens with zero attached hydrogens (tertiary/aromatic N) is 2. The van der Waals surface area contributed by atoms with E-state index < -0.39 is 12.0 Å². The van der Waals surface area contributed by atoms with E-state index in [9.17, 15) is 9.59 Å². The Balaban J connectivity index is 2.15. The molecule has 0 aromatic carbocycles. The number of carboxylic acid groups (broad SMARTS) is 1. The van der Waals surface area contributed by atoms with E-state index in [1.54, 1.807) is 11.8 Å². The monoisotopic (exact) mass is 301 g/mol. The molecule has 2 N–H and O–H groups in total. The van der Waals surface area contributed by atoms with Crippen LogP contribution in [-0.4, -0.2) is 78.9 Å². The number of carbonyl (C=O) groups is 2. The summed E-state index contributed by atoms with van der Waals surface area (Å²) in [6, 6.07) is -0.570. The standard InChI is InChI=1S/C14H27N3O4/c1-3-10-21-11-4-5-15-14(20)17-8-6-16(7-9-17)12(2)13(18)19/h12H,3-11H2,1-2H3,(H,15,20)(H,18,19). The zero-order valence-electron chi connectivity index (χ0n) is 13.0. The highest BCUT2D eigenvalue weighted by atomic mass is 16.5. The lowest BCUT2D eigenvalue weighted by Gasteiger charge is -2.36. The number of hydrogen-bond donors (Lipinski definition) is 2. The van der Waals surface area contributed by atoms with E-state index in [0.29, 0.717) is 39.3 Å². The quantitative estimate of drug-likeness (QED) is 0.642. The first-order valence-electron chi connectivity index (χ1n) is 7.63. The first-order chi connectivity index (χ1) is 10.1. The smallest absolute Gasteiger partial charge is 0.320 e. The van der Waals surface area contributed by atoms with E-state index in [2.05, 4.69) is 12.2 Å². The summed E-state index contributed by atoms with van der Waals surface area (Å²) in [6.45, 7) is 8.09. The Morgan fingerprint density at radius 1 is 1.24 bits per heavy atom. The number of carbonyl (C=O) groups excluding carboxylic acids is 1. The van der Waals surface area contributed by atoms with E-state index in [0.717, 1.165) is 19.4 Å². The van der Waals surface area contributed by atoms with Crippen molar-refractivity contribution in [3.8, 4) is 0 Å². The Bertz CT molecular complexity index is 330. The number of aliphatic carboxylic acids is 1. The molecule has 0 spiro atoms. The molecule has 0 aromatic rings. The van der Waals surface area contributed by atoms with Gasteiger partial charge in [0, 0.05) is 45.9 Å². The fourth-order valence-electron chi connectivity index (χ4n) is 2.20. The molecule has 7 heteroatoms. The minimum atomic E-state index is -0.819. The second-order valence-corrected chi connectivity index (χ2v) is 5.24. The zero-order valence-corrected chi connectivity index (χ0v) is 13.0. The topological polar surface area (TPSA) is 82.1 Å². The summed E-state index contributed by atoms with van der Waals surface area (Å²) < 4.78 is 5.35. The Morgan fingerprint density at radius 3 is 2.48 bits per heavy atom. The zero-order chi connectivity index (χ0) is 15.7. The SMILES string of the molecule is CCCOCCCNC(=O)N1CCN(C(C)C(=O)O)CC1. The molecular weight excluding hydrogens is 274 g/mol. The van der Waals surface area contributed by atoms with Crippen LogP contribution in [0.1, 0.15) is 26.7 Å². The number of piperazine rings is 1. The van der Waals surface area contributed by atoms with Crippen molar-refractivity contribution in [2.24, 2.45) is 0 Å². The van der Waals surface area contributed by atoms with Gasteiger partial charge >= 0.3 is 12.0 Å². The van der Waals surface area contributed by atoms with Crippen LogP contribution < -0.4 is 5.32 Å². The average molecular weight is 301 g/mol. The number of urea groups is 1. The van der Waals surface area contributed by atoms with E-state index in [4.69, 9.17) is 9.84 Å². The number of rotatable bonds is 8. The van der Waals surface area contributed by atoms with E-state index in [1.807, 2.05) is 4.90 Å². The molecule has 0 bridgehead atoms. The third-order valence-electron chi connectivity index (χ3n) is 3.60. The van der Waals surface area contributed by atoms with Crippen LogP contribution in [0.15, 0.2) is 0 Å². The molecular formula is C14H27N3O4. The molecule has 0 radical (unpaired) electrons. The first kappa shape index (κ1) is 17.7. The van der Waals surface area contributed by atoms with Gasteiger partial charge in [0.2, 0.25) is 0 Å². The van der Waals surface area contributed by atoms with Crippen LogP contribution in [-0.2, 0) is 9.53 Å². The van der Waals surface area contributed by atoms with Crippen LogP contribution in [0.2, 0.25) is 0 Å². The lowest BCUT2D eigenvalue weighted by atomic mass is 10.2. The van der Waals surface area contributed by atoms with Crippen LogP contribution in [0, 0.1) is 0 Å². The normalized spacial score (nSPS) is 17.5. The van der Waals surface area contributed by atoms with Crippen LogP contribution in [0.25, 0.3) is 0 Å². The molecule has 1 aliphatic rings. The summed E-state index contributed by atoms with van der Waals surface area (Å²) >= 11 is 0. The minimum Gasteiger partial charge on any atom is -0.480 e. The van der Waals surface area contributed by atoms with Crippen molar-refractivity contribution in [1.82, 2.24) is 15.1 Å². The molecule has 1 aliphatic heterocycles. The van der Waals surface area contributed by atoms with Crippen LogP contribution in [0.3, 0.4) is 0 Å². The van der Waals surface area contributed by atoms with Gasteiger partial charge in [0.1, 0.15) is 6.04 Å². The van der Waals surface area contributed by atoms with Gasteiger partial charge in [0.25, 0.3) is 0 Å². The van der Waals surface area contributed by atoms with Gasteiger partial charge in [0.15, 0.2) is 0 Å². The maximum atomic E-state index is 11.9. The fourth-order valence-corrected chi connectivity index (χ4v) is 2.20. The molecule has 2 amide bonds. The van der Waals surface area contributed by atoms with Gasteiger partial charge in [-0.25, -0.2) is 4.79 Å². The molecule has 1 heterocycles. The van der Waals surface area contributed by atoms with Crippen LogP contribution in [0.4, 0.5) is 4.79 Å². The molecule has 0 aliphatic carbocycles. The van der Waals surface area contributed by atoms with Gasteiger partial charge in [-0.05, 0) is 19.8 Å². The van der Waals surface area contributed by atoms with Gasteiger partial charge in [-0.15, -0.1) is 0 Å². The second-order valence-electron chi connectivity index (χ2n) is 5.24. The van der Waals surface area contributed by atoms with Gasteiger partial charge in [-0.2, -0.15) is 0 Å². The Labute approximate surface area is 126 Å². The molecule has 21 heavy (non-hydrogen) atoms. The van der Waals surface area contributed by atoms with Crippen molar-refractivity contribution >= 4 is 12.0 Å². The lowest BCUT2D eigenvalue weighted by molar-refractivity contribution is -0.143. The van der Waals surface area contributed by atoms with Crippen LogP contribution in [0.5, 0.6) is 0 Å². The van der Waals surface area contributed by atoms with Gasteiger partial charge in [-0.3, -0.25) is 9.69 Å². The summed E-state index contributed by atoms with van der Waals surface area (Å²) in [7, 11) is 0. The average Bonchev–Trinajstić information content (AvgIpc) is 2.49. The number of ether oxygens (including phenoxy) is 1. The number of hydrogen-bond acceptors (Lipinski definition) is 4. The second kappa shape index (κ2) is 9.57. The molecule has 1 unspecified atom stereocenters. The molecule has 1 atom stereocenters. The molecule has 1 rings (SSSR count). The van der Waals surface area contributed by atoms with Crippen LogP contribution >= 0.6 is 0 Å². The number of nitrogens with one attached hydrogen (secondary N) is 1. The Hall–Kier alpha value is -1.34. The van der Waals surface area contributed by atoms with Crippen molar-refractivity contribution in [3.05, 3.63) is 0 Å². The highest BCUT2D eigenvalue weighted by molar-refractivity contribution is 5.74. The van der Waals surface area contributed by atoms with Crippen molar-refractivity contribution in [1.29, 1.82) is 0 Å². The summed E-state index contributed by atoms with van der Waals surface area (Å²) in [4.78, 5) is 26.5. The molecule has 1 saturated heterocycles. The van der Waals surface area contributed by atoms with Gasteiger partial charge < -0.3 is 20.1 Å². The molecule has 1 fully saturated rings. The lowest BCUT2D eigenvalue weighted by Crippen LogP contribution is -2.55. The van der Waals surface area contributed by atoms with Crippen molar-refractivity contribution in [2.45, 2.75) is 32.7 Å². The predicted molar refractivity (Wildman–Crippen MR) is 79.4 cm³/mol. The molecule has 0 aromatic heterocycles. The van der Waals surface area contributed by atoms with Crippen molar-refractivity contribution in [3.63, 3.8) is 0 Å². The summed E-state index contributed by atoms with van der Waals surface area (Å²) in [6.07, 6.45) is 1.81. The maximum Gasteiger partial charge on any atom is 0.320 e. The largest absolute Gasteiger partial charge is 0.480 e. The number of carboxylic acids is 1. The number of amides is 2. The Morgan fingerprint density at radius 2 is 1.90 bits per heavy atom. The third-order valence-corrected chi connectivity index (χ3v) is 3.60. The minimum absolute atomic E-state index is 0.0758. The maximum absolute atomic E-state index is 11.9. The van der Waals surface area contributed by atoms with Crippen molar-refractivity contribution < 1.29 is 19.4 Å². The molecule has 7 nitrogen and oxygen atoms in total. The van der Waals surface area contributed by atoms with Gasteiger partial charge in [-0.1, -0.05) is 6.92 Å². The summed E-state index contributed by atoms with van der Waals surface area (Å²) in [5.41, 5.74) is 0. The fraction of sp³-hybridized carbons (Fsp3) is 0.857. The summed E-state index contributed by atoms with van der Waals surface area (Å²) in [5, 5.41) is 11.8. The van der Waals surface area contributed by atoms with E-state index in [1.165, 1.54) is 0 Å². The highest BCUT2D eigenvalue weighted by Gasteiger charge is 2.26. The predicted octanol–water partition coefficient (Wildman–Crippen LogP) is 0.603. The van der Waals surface area contributed by atoms with Crippen molar-refractivity contribution in [2.75, 3.05) is 45.9 Å².